The highest BCUT2D eigenvalue weighted by atomic mass is 16.4. The van der Waals surface area contributed by atoms with Crippen molar-refractivity contribution in [3.63, 3.8) is 0 Å². The fourth-order valence-corrected chi connectivity index (χ4v) is 7.96. The maximum atomic E-state index is 14.2. The monoisotopic (exact) mass is 600 g/mol. The lowest BCUT2D eigenvalue weighted by Gasteiger charge is -2.62. The van der Waals surface area contributed by atoms with Gasteiger partial charge in [0.2, 0.25) is 5.78 Å². The Morgan fingerprint density at radius 1 is 0.977 bits per heavy atom. The topological polar surface area (TPSA) is 152 Å². The van der Waals surface area contributed by atoms with Crippen LogP contribution in [-0.4, -0.2) is 54.6 Å². The van der Waals surface area contributed by atoms with Gasteiger partial charge in [-0.1, -0.05) is 84.0 Å². The first kappa shape index (κ1) is 31.4. The first-order valence-electron chi connectivity index (χ1n) is 14.8. The maximum absolute atomic E-state index is 14.2. The molecular weight excluding hydrogens is 560 g/mol. The smallest absolute Gasteiger partial charge is 0.209 e. The van der Waals surface area contributed by atoms with Gasteiger partial charge < -0.3 is 25.5 Å². The highest BCUT2D eigenvalue weighted by Crippen LogP contribution is 2.67. The van der Waals surface area contributed by atoms with Gasteiger partial charge >= 0.3 is 0 Å². The van der Waals surface area contributed by atoms with Gasteiger partial charge in [-0.2, -0.15) is 0 Å². The van der Waals surface area contributed by atoms with Crippen molar-refractivity contribution in [3.8, 4) is 5.75 Å². The zero-order valence-electron chi connectivity index (χ0n) is 26.3. The van der Waals surface area contributed by atoms with Crippen LogP contribution in [0.1, 0.15) is 82.4 Å². The van der Waals surface area contributed by atoms with Gasteiger partial charge in [0, 0.05) is 11.3 Å². The number of carbonyl (C=O) groups is 3. The maximum Gasteiger partial charge on any atom is 0.209 e. The third-order valence-electron chi connectivity index (χ3n) is 10.2. The van der Waals surface area contributed by atoms with E-state index in [1.807, 2.05) is 24.3 Å². The molecule has 0 saturated heterocycles. The van der Waals surface area contributed by atoms with Crippen LogP contribution < -0.4 is 0 Å². The van der Waals surface area contributed by atoms with Crippen LogP contribution in [0.2, 0.25) is 0 Å². The standard InChI is InChI=1S/C36H40O8/c1-17(2)26-28(39)24(18(3)37)30(41)36(44)31(42)27-29(40)25-21(10-9-11-23(25)38)22(34(27,7)32(43)35(26,36)8)16-19-12-14-20(15-13-19)33(4,5)6/h9-17,26,32,38-39,42-44H,1-8H3/b22-16+/t26?,32-,34+,35+,36+/m1/s1. The summed E-state index contributed by atoms with van der Waals surface area (Å²) in [5, 5.41) is 59.2. The normalized spacial score (nSPS) is 31.3. The molecule has 3 aliphatic carbocycles. The largest absolute Gasteiger partial charge is 0.511 e. The summed E-state index contributed by atoms with van der Waals surface area (Å²) in [5.41, 5.74) is -5.64. The lowest BCUT2D eigenvalue weighted by atomic mass is 9.42. The third-order valence-corrected chi connectivity index (χ3v) is 10.2. The summed E-state index contributed by atoms with van der Waals surface area (Å²) in [6.07, 6.45) is 0.00470. The molecule has 5 N–H and O–H groups in total. The van der Waals surface area contributed by atoms with Crippen molar-refractivity contribution in [2.45, 2.75) is 72.5 Å². The van der Waals surface area contributed by atoms with E-state index in [1.165, 1.54) is 13.0 Å². The Morgan fingerprint density at radius 3 is 2.09 bits per heavy atom. The molecule has 0 radical (unpaired) electrons. The second-order valence-corrected chi connectivity index (χ2v) is 14.1. The molecular formula is C36H40O8. The number of phenols is 1. The van der Waals surface area contributed by atoms with Crippen molar-refractivity contribution in [3.05, 3.63) is 87.4 Å². The van der Waals surface area contributed by atoms with Crippen molar-refractivity contribution in [1.82, 2.24) is 0 Å². The number of allylic oxidation sites excluding steroid dienone is 1. The number of benzene rings is 2. The van der Waals surface area contributed by atoms with E-state index in [4.69, 9.17) is 0 Å². The predicted octanol–water partition coefficient (Wildman–Crippen LogP) is 5.61. The van der Waals surface area contributed by atoms with Gasteiger partial charge in [0.1, 0.15) is 22.8 Å². The van der Waals surface area contributed by atoms with E-state index in [-0.39, 0.29) is 16.7 Å². The first-order valence-corrected chi connectivity index (χ1v) is 14.8. The zero-order valence-corrected chi connectivity index (χ0v) is 26.3. The van der Waals surface area contributed by atoms with Gasteiger partial charge in [-0.15, -0.1) is 0 Å². The lowest BCUT2D eigenvalue weighted by molar-refractivity contribution is -0.202. The molecule has 0 heterocycles. The number of aromatic hydroxyl groups is 1. The molecule has 3 aliphatic rings. The number of ketones is 3. The highest BCUT2D eigenvalue weighted by molar-refractivity contribution is 6.26. The molecule has 8 heteroatoms. The van der Waals surface area contributed by atoms with E-state index in [9.17, 15) is 39.9 Å². The molecule has 2 aromatic rings. The Balaban J connectivity index is 1.91. The summed E-state index contributed by atoms with van der Waals surface area (Å²) in [4.78, 5) is 40.9. The van der Waals surface area contributed by atoms with Crippen LogP contribution >= 0.6 is 0 Å². The average Bonchev–Trinajstić information content (AvgIpc) is 2.92. The minimum atomic E-state index is -2.94. The molecule has 5 rings (SSSR count). The number of phenolic OH excluding ortho intramolecular Hbond substituents is 1. The van der Waals surface area contributed by atoms with Crippen molar-refractivity contribution in [1.29, 1.82) is 0 Å². The van der Waals surface area contributed by atoms with Gasteiger partial charge in [-0.25, -0.2) is 0 Å². The molecule has 0 fully saturated rings. The molecule has 0 amide bonds. The Kier molecular flexibility index (Phi) is 6.96. The fourth-order valence-electron chi connectivity index (χ4n) is 7.96. The molecule has 0 spiro atoms. The number of hydrogen-bond donors (Lipinski definition) is 5. The van der Waals surface area contributed by atoms with E-state index in [0.717, 1.165) is 12.5 Å². The summed E-state index contributed by atoms with van der Waals surface area (Å²) < 4.78 is 0. The summed E-state index contributed by atoms with van der Waals surface area (Å²) in [6.45, 7) is 13.7. The quantitative estimate of drug-likeness (QED) is 0.285. The summed E-state index contributed by atoms with van der Waals surface area (Å²) in [7, 11) is 0. The molecule has 0 bridgehead atoms. The van der Waals surface area contributed by atoms with Gasteiger partial charge in [-0.3, -0.25) is 14.4 Å². The third kappa shape index (κ3) is 3.80. The minimum absolute atomic E-state index is 0.110. The molecule has 2 aromatic carbocycles. The lowest BCUT2D eigenvalue weighted by Crippen LogP contribution is -2.73. The Hall–Kier alpha value is -4.01. The van der Waals surface area contributed by atoms with Crippen LogP contribution in [0.15, 0.2) is 65.1 Å². The average molecular weight is 601 g/mol. The van der Waals surface area contributed by atoms with Crippen LogP contribution in [0.25, 0.3) is 11.6 Å². The second kappa shape index (κ2) is 9.74. The number of hydrogen-bond acceptors (Lipinski definition) is 8. The highest BCUT2D eigenvalue weighted by Gasteiger charge is 2.75. The van der Waals surface area contributed by atoms with E-state index in [2.05, 4.69) is 20.8 Å². The molecule has 44 heavy (non-hydrogen) atoms. The van der Waals surface area contributed by atoms with Crippen molar-refractivity contribution >= 4 is 29.0 Å². The number of Topliss-reactive ketones (excluding diaryl/α,β-unsaturated/α-hetero) is 3. The molecule has 232 valence electrons. The number of aliphatic hydroxyl groups excluding tert-OH is 3. The summed E-state index contributed by atoms with van der Waals surface area (Å²) in [5.74, 6) is -6.67. The Bertz CT molecular complexity index is 1720. The fraction of sp³-hybridized carbons (Fsp3) is 0.417. The molecule has 0 aromatic heterocycles. The number of rotatable bonds is 3. The van der Waals surface area contributed by atoms with Crippen LogP contribution in [0.3, 0.4) is 0 Å². The van der Waals surface area contributed by atoms with Crippen LogP contribution in [0.5, 0.6) is 5.75 Å². The molecule has 5 atom stereocenters. The Labute approximate surface area is 257 Å². The first-order chi connectivity index (χ1) is 20.3. The van der Waals surface area contributed by atoms with Crippen molar-refractivity contribution in [2.24, 2.45) is 22.7 Å². The summed E-state index contributed by atoms with van der Waals surface area (Å²) in [6, 6.07) is 12.2. The van der Waals surface area contributed by atoms with E-state index >= 15 is 0 Å². The summed E-state index contributed by atoms with van der Waals surface area (Å²) >= 11 is 0. The SMILES string of the molecule is CC(=O)C1=C(O)C(C(C)C)[C@@]2(C)[C@H](O)[C@]3(C)C(=C(O)[C@@]2(O)C1=O)C(=O)c1c(O)cccc1/C3=C\c1ccc(C(C)(C)C)cc1. The van der Waals surface area contributed by atoms with E-state index < -0.39 is 74.4 Å². The van der Waals surface area contributed by atoms with Gasteiger partial charge in [0.25, 0.3) is 0 Å². The predicted molar refractivity (Wildman–Crippen MR) is 166 cm³/mol. The number of aliphatic hydroxyl groups is 4. The second-order valence-electron chi connectivity index (χ2n) is 14.1. The minimum Gasteiger partial charge on any atom is -0.511 e. The van der Waals surface area contributed by atoms with Crippen molar-refractivity contribution in [2.75, 3.05) is 0 Å². The number of carbonyl (C=O) groups excluding carboxylic acids is 3. The molecule has 1 unspecified atom stereocenters. The van der Waals surface area contributed by atoms with E-state index in [1.54, 1.807) is 39.0 Å². The van der Waals surface area contributed by atoms with Crippen LogP contribution in [0.4, 0.5) is 0 Å². The van der Waals surface area contributed by atoms with Crippen LogP contribution in [-0.2, 0) is 15.0 Å². The van der Waals surface area contributed by atoms with E-state index in [0.29, 0.717) is 16.7 Å². The molecule has 0 aliphatic heterocycles. The number of fused-ring (bicyclic) bond motifs is 3. The van der Waals surface area contributed by atoms with Crippen LogP contribution in [0, 0.1) is 22.7 Å². The zero-order chi connectivity index (χ0) is 32.9. The van der Waals surface area contributed by atoms with Gasteiger partial charge in [-0.05, 0) is 53.5 Å². The Morgan fingerprint density at radius 2 is 1.57 bits per heavy atom. The molecule has 8 nitrogen and oxygen atoms in total. The van der Waals surface area contributed by atoms with Gasteiger partial charge in [0.05, 0.1) is 22.7 Å². The van der Waals surface area contributed by atoms with Crippen molar-refractivity contribution < 1.29 is 39.9 Å². The molecule has 0 saturated carbocycles. The van der Waals surface area contributed by atoms with Gasteiger partial charge in [0.15, 0.2) is 17.2 Å².